The molecule has 0 atom stereocenters. The first-order chi connectivity index (χ1) is 19.1. The van der Waals surface area contributed by atoms with E-state index in [1.165, 1.54) is 33.4 Å². The third-order valence-corrected chi connectivity index (χ3v) is 8.02. The average Bonchev–Trinajstić information content (AvgIpc) is 3.23. The maximum absolute atomic E-state index is 5.95. The summed E-state index contributed by atoms with van der Waals surface area (Å²) >= 11 is 7.51. The molecule has 0 N–H and O–H groups in total. The zero-order valence-electron chi connectivity index (χ0n) is 22.2. The molecule has 0 saturated heterocycles. The van der Waals surface area contributed by atoms with E-state index in [-0.39, 0.29) is 0 Å². The lowest BCUT2D eigenvalue weighted by molar-refractivity contribution is 0.110. The van der Waals surface area contributed by atoms with E-state index in [1.54, 1.807) is 0 Å². The Morgan fingerprint density at radius 2 is 0.949 bits per heavy atom. The van der Waals surface area contributed by atoms with Crippen LogP contribution in [0.1, 0.15) is 36.1 Å². The second-order valence-corrected chi connectivity index (χ2v) is 11.1. The van der Waals surface area contributed by atoms with E-state index in [2.05, 4.69) is 117 Å². The molecule has 0 unspecified atom stereocenters. The van der Waals surface area contributed by atoms with E-state index in [0.29, 0.717) is 39.6 Å². The van der Waals surface area contributed by atoms with Gasteiger partial charge in [-0.3, -0.25) is 0 Å². The molecule has 0 spiro atoms. The van der Waals surface area contributed by atoms with Crippen LogP contribution in [-0.2, 0) is 14.9 Å². The third-order valence-electron chi connectivity index (χ3n) is 7.04. The lowest BCUT2D eigenvalue weighted by Gasteiger charge is -2.34. The van der Waals surface area contributed by atoms with Crippen molar-refractivity contribution in [2.75, 3.05) is 39.6 Å². The zero-order chi connectivity index (χ0) is 27.2. The van der Waals surface area contributed by atoms with Gasteiger partial charge in [0.2, 0.25) is 0 Å². The molecule has 5 rings (SSSR count). The monoisotopic (exact) mass is 650 g/mol. The first kappa shape index (κ1) is 27.9. The van der Waals surface area contributed by atoms with Gasteiger partial charge in [-0.2, -0.15) is 0 Å². The predicted molar refractivity (Wildman–Crippen MR) is 163 cm³/mol. The molecule has 0 aromatic heterocycles. The van der Waals surface area contributed by atoms with Crippen molar-refractivity contribution in [1.29, 1.82) is 0 Å². The predicted octanol–water partition coefficient (Wildman–Crippen LogP) is 8.41. The van der Waals surface area contributed by atoms with Gasteiger partial charge in [-0.15, -0.1) is 0 Å². The van der Waals surface area contributed by atoms with Crippen LogP contribution in [-0.4, -0.2) is 39.6 Å². The van der Waals surface area contributed by atoms with Crippen molar-refractivity contribution in [2.24, 2.45) is 0 Å². The number of fused-ring (bicyclic) bond motifs is 3. The fraction of sp³-hybridized carbons (Fsp3) is 0.273. The summed E-state index contributed by atoms with van der Waals surface area (Å²) in [7, 11) is 0. The molecule has 0 bridgehead atoms. The summed E-state index contributed by atoms with van der Waals surface area (Å²) < 4.78 is 24.8. The first-order valence-electron chi connectivity index (χ1n) is 13.3. The van der Waals surface area contributed by atoms with Crippen molar-refractivity contribution in [1.82, 2.24) is 0 Å². The minimum absolute atomic E-state index is 0.522. The highest BCUT2D eigenvalue weighted by atomic mass is 79.9. The minimum Gasteiger partial charge on any atom is -0.491 e. The third kappa shape index (κ3) is 5.66. The summed E-state index contributed by atoms with van der Waals surface area (Å²) in [5, 5.41) is 0. The molecule has 0 aliphatic heterocycles. The van der Waals surface area contributed by atoms with E-state index in [0.717, 1.165) is 20.4 Å². The van der Waals surface area contributed by atoms with Gasteiger partial charge in [0.15, 0.2) is 0 Å². The molecule has 0 fully saturated rings. The van der Waals surface area contributed by atoms with Gasteiger partial charge in [-0.05, 0) is 95.8 Å². The van der Waals surface area contributed by atoms with Crippen LogP contribution < -0.4 is 9.47 Å². The van der Waals surface area contributed by atoms with Crippen LogP contribution >= 0.6 is 31.9 Å². The molecule has 39 heavy (non-hydrogen) atoms. The molecule has 0 heterocycles. The number of benzene rings is 4. The second kappa shape index (κ2) is 12.7. The van der Waals surface area contributed by atoms with Crippen molar-refractivity contribution in [2.45, 2.75) is 19.3 Å². The molecule has 1 aliphatic carbocycles. The van der Waals surface area contributed by atoms with Crippen molar-refractivity contribution in [3.63, 3.8) is 0 Å². The Hall–Kier alpha value is -2.64. The van der Waals surface area contributed by atoms with Crippen LogP contribution in [0.25, 0.3) is 11.1 Å². The maximum Gasteiger partial charge on any atom is 0.119 e. The van der Waals surface area contributed by atoms with E-state index < -0.39 is 5.41 Å². The highest BCUT2D eigenvalue weighted by Crippen LogP contribution is 2.57. The molecule has 4 aromatic rings. The number of hydrogen-bond acceptors (Lipinski definition) is 4. The Balaban J connectivity index is 1.62. The Bertz CT molecular complexity index is 1290. The molecular weight excluding hydrogens is 620 g/mol. The van der Waals surface area contributed by atoms with Gasteiger partial charge in [0.1, 0.15) is 24.7 Å². The van der Waals surface area contributed by atoms with Crippen LogP contribution in [0, 0.1) is 0 Å². The summed E-state index contributed by atoms with van der Waals surface area (Å²) in [5.41, 5.74) is 6.75. The van der Waals surface area contributed by atoms with Crippen LogP contribution in [0.5, 0.6) is 11.5 Å². The van der Waals surface area contributed by atoms with E-state index in [4.69, 9.17) is 18.9 Å². The van der Waals surface area contributed by atoms with E-state index in [9.17, 15) is 0 Å². The second-order valence-electron chi connectivity index (χ2n) is 9.27. The SMILES string of the molecule is CCOCCOc1ccc(C2(c3ccc(OCCOCC)cc3)c3cc(Br)ccc3-c3ccc(Br)cc32)cc1. The zero-order valence-corrected chi connectivity index (χ0v) is 25.4. The number of rotatable bonds is 12. The average molecular weight is 652 g/mol. The topological polar surface area (TPSA) is 36.9 Å². The van der Waals surface area contributed by atoms with Gasteiger partial charge in [-0.25, -0.2) is 0 Å². The van der Waals surface area contributed by atoms with Crippen LogP contribution in [0.3, 0.4) is 0 Å². The Labute approximate surface area is 247 Å². The molecular formula is C33H32Br2O4. The van der Waals surface area contributed by atoms with Gasteiger partial charge in [0.05, 0.1) is 18.6 Å². The number of hydrogen-bond donors (Lipinski definition) is 0. The summed E-state index contributed by atoms with van der Waals surface area (Å²) in [4.78, 5) is 0. The fourth-order valence-corrected chi connectivity index (χ4v) is 6.11. The quantitative estimate of drug-likeness (QED) is 0.127. The van der Waals surface area contributed by atoms with Crippen LogP contribution in [0.4, 0.5) is 0 Å². The maximum atomic E-state index is 5.95. The molecule has 4 nitrogen and oxygen atoms in total. The van der Waals surface area contributed by atoms with Gasteiger partial charge < -0.3 is 18.9 Å². The first-order valence-corrected chi connectivity index (χ1v) is 14.9. The van der Waals surface area contributed by atoms with E-state index in [1.807, 2.05) is 13.8 Å². The Morgan fingerprint density at radius 1 is 0.538 bits per heavy atom. The van der Waals surface area contributed by atoms with Gasteiger partial charge in [0, 0.05) is 22.2 Å². The van der Waals surface area contributed by atoms with Gasteiger partial charge in [-0.1, -0.05) is 68.3 Å². The van der Waals surface area contributed by atoms with Crippen molar-refractivity contribution < 1.29 is 18.9 Å². The Kier molecular flexibility index (Phi) is 9.08. The van der Waals surface area contributed by atoms with Crippen LogP contribution in [0.2, 0.25) is 0 Å². The lowest BCUT2D eigenvalue weighted by Crippen LogP contribution is -2.28. The van der Waals surface area contributed by atoms with Crippen molar-refractivity contribution in [3.8, 4) is 22.6 Å². The lowest BCUT2D eigenvalue weighted by atomic mass is 9.67. The van der Waals surface area contributed by atoms with Gasteiger partial charge in [0.25, 0.3) is 0 Å². The molecule has 0 saturated carbocycles. The summed E-state index contributed by atoms with van der Waals surface area (Å²) in [5.74, 6) is 1.65. The molecule has 0 radical (unpaired) electrons. The molecule has 202 valence electrons. The molecule has 6 heteroatoms. The minimum atomic E-state index is -0.522. The summed E-state index contributed by atoms with van der Waals surface area (Å²) in [6, 6.07) is 30.1. The Morgan fingerprint density at radius 3 is 1.33 bits per heavy atom. The van der Waals surface area contributed by atoms with Crippen LogP contribution in [0.15, 0.2) is 93.9 Å². The van der Waals surface area contributed by atoms with E-state index >= 15 is 0 Å². The van der Waals surface area contributed by atoms with Crippen molar-refractivity contribution >= 4 is 31.9 Å². The molecule has 4 aromatic carbocycles. The molecule has 0 amide bonds. The molecule has 1 aliphatic rings. The van der Waals surface area contributed by atoms with Crippen molar-refractivity contribution in [3.05, 3.63) is 116 Å². The standard InChI is InChI=1S/C33H32Br2O4/c1-3-36-17-19-38-27-11-5-23(6-12-27)33(24-7-13-28(14-8-24)39-20-18-37-4-2)31-21-25(34)9-15-29(31)30-16-10-26(35)22-32(30)33/h5-16,21-22H,3-4,17-20H2,1-2H3. The highest BCUT2D eigenvalue weighted by Gasteiger charge is 2.46. The summed E-state index contributed by atoms with van der Waals surface area (Å²) in [6.07, 6.45) is 0. The van der Waals surface area contributed by atoms with Gasteiger partial charge >= 0.3 is 0 Å². The smallest absolute Gasteiger partial charge is 0.119 e. The number of ether oxygens (including phenoxy) is 4. The highest BCUT2D eigenvalue weighted by molar-refractivity contribution is 9.10. The number of halogens is 2. The largest absolute Gasteiger partial charge is 0.491 e. The normalized spacial score (nSPS) is 13.1. The summed E-state index contributed by atoms with van der Waals surface area (Å²) in [6.45, 7) is 7.54. The fourth-order valence-electron chi connectivity index (χ4n) is 5.38.